The van der Waals surface area contributed by atoms with Gasteiger partial charge in [0.25, 0.3) is 0 Å². The maximum atomic E-state index is 12.1. The Morgan fingerprint density at radius 3 is 2.72 bits per heavy atom. The second-order valence-corrected chi connectivity index (χ2v) is 5.35. The van der Waals surface area contributed by atoms with Crippen molar-refractivity contribution in [3.05, 3.63) is 22.3 Å². The molecule has 1 rings (SSSR count). The van der Waals surface area contributed by atoms with E-state index in [1.807, 2.05) is 19.1 Å². The van der Waals surface area contributed by atoms with Gasteiger partial charge in [-0.2, -0.15) is 0 Å². The summed E-state index contributed by atoms with van der Waals surface area (Å²) in [6.45, 7) is 6.11. The van der Waals surface area contributed by atoms with Gasteiger partial charge >= 0.3 is 0 Å². The Morgan fingerprint density at radius 1 is 1.44 bits per heavy atom. The van der Waals surface area contributed by atoms with E-state index in [9.17, 15) is 4.79 Å². The van der Waals surface area contributed by atoms with Crippen LogP contribution < -0.4 is 5.32 Å². The number of aromatic nitrogens is 1. The zero-order valence-corrected chi connectivity index (χ0v) is 12.9. The van der Waals surface area contributed by atoms with Gasteiger partial charge in [-0.25, -0.2) is 4.98 Å². The van der Waals surface area contributed by atoms with Gasteiger partial charge in [-0.1, -0.05) is 26.7 Å². The van der Waals surface area contributed by atoms with Crippen molar-refractivity contribution in [3.63, 3.8) is 0 Å². The number of halogens is 1. The van der Waals surface area contributed by atoms with E-state index in [2.05, 4.69) is 40.1 Å². The van der Waals surface area contributed by atoms with E-state index in [0.717, 1.165) is 35.8 Å². The molecule has 0 bridgehead atoms. The van der Waals surface area contributed by atoms with Crippen molar-refractivity contribution in [1.29, 1.82) is 0 Å². The fraction of sp³-hybridized carbons (Fsp3) is 0.571. The second-order valence-electron chi connectivity index (χ2n) is 4.50. The van der Waals surface area contributed by atoms with E-state index in [1.165, 1.54) is 0 Å². The first-order valence-electron chi connectivity index (χ1n) is 6.52. The summed E-state index contributed by atoms with van der Waals surface area (Å²) in [6.07, 6.45) is 4.05. The van der Waals surface area contributed by atoms with Crippen LogP contribution in [-0.2, 0) is 4.79 Å². The van der Waals surface area contributed by atoms with Crippen LogP contribution in [0.2, 0.25) is 0 Å². The number of carbonyl (C=O) groups is 1. The van der Waals surface area contributed by atoms with Crippen molar-refractivity contribution >= 4 is 27.7 Å². The fourth-order valence-electron chi connectivity index (χ4n) is 1.81. The van der Waals surface area contributed by atoms with Crippen LogP contribution in [-0.4, -0.2) is 10.9 Å². The molecule has 0 spiro atoms. The summed E-state index contributed by atoms with van der Waals surface area (Å²) in [6, 6.07) is 3.73. The molecule has 0 saturated heterocycles. The van der Waals surface area contributed by atoms with Crippen molar-refractivity contribution in [1.82, 2.24) is 4.98 Å². The van der Waals surface area contributed by atoms with Gasteiger partial charge in [-0.3, -0.25) is 4.79 Å². The summed E-state index contributed by atoms with van der Waals surface area (Å²) in [5.74, 6) is 0.812. The molecule has 3 nitrogen and oxygen atoms in total. The van der Waals surface area contributed by atoms with Gasteiger partial charge in [0.2, 0.25) is 5.91 Å². The standard InChI is InChI=1S/C14H21BrN2O/c1-4-6-7-11(5-2)14(18)17-13-9-8-12(15)10(3)16-13/h8-9,11H,4-7H2,1-3H3,(H,16,17,18). The quantitative estimate of drug-likeness (QED) is 0.850. The molecule has 1 atom stereocenters. The average molecular weight is 313 g/mol. The first-order valence-corrected chi connectivity index (χ1v) is 7.31. The third kappa shape index (κ3) is 4.41. The van der Waals surface area contributed by atoms with E-state index in [0.29, 0.717) is 5.82 Å². The van der Waals surface area contributed by atoms with Gasteiger partial charge < -0.3 is 5.32 Å². The van der Waals surface area contributed by atoms with Crippen LogP contribution in [0.25, 0.3) is 0 Å². The van der Waals surface area contributed by atoms with E-state index in [4.69, 9.17) is 0 Å². The SMILES string of the molecule is CCCCC(CC)C(=O)Nc1ccc(Br)c(C)n1. The molecule has 1 N–H and O–H groups in total. The Labute approximate surface area is 118 Å². The van der Waals surface area contributed by atoms with Crippen LogP contribution >= 0.6 is 15.9 Å². The number of nitrogens with zero attached hydrogens (tertiary/aromatic N) is 1. The number of anilines is 1. The highest BCUT2D eigenvalue weighted by molar-refractivity contribution is 9.10. The smallest absolute Gasteiger partial charge is 0.228 e. The molecule has 4 heteroatoms. The lowest BCUT2D eigenvalue weighted by molar-refractivity contribution is -0.120. The summed E-state index contributed by atoms with van der Waals surface area (Å²) < 4.78 is 0.957. The van der Waals surface area contributed by atoms with E-state index in [-0.39, 0.29) is 11.8 Å². The third-order valence-corrected chi connectivity index (χ3v) is 3.88. The molecule has 0 aromatic carbocycles. The molecular weight excluding hydrogens is 292 g/mol. The Balaban J connectivity index is 2.64. The maximum absolute atomic E-state index is 12.1. The second kappa shape index (κ2) is 7.52. The van der Waals surface area contributed by atoms with Crippen molar-refractivity contribution in [2.45, 2.75) is 46.5 Å². The van der Waals surface area contributed by atoms with E-state index < -0.39 is 0 Å². The van der Waals surface area contributed by atoms with Crippen molar-refractivity contribution in [2.24, 2.45) is 5.92 Å². The third-order valence-electron chi connectivity index (χ3n) is 3.04. The minimum absolute atomic E-state index is 0.0835. The number of nitrogens with one attached hydrogen (secondary N) is 1. The number of carbonyl (C=O) groups excluding carboxylic acids is 1. The van der Waals surface area contributed by atoms with Crippen LogP contribution in [0.1, 0.15) is 45.2 Å². The first kappa shape index (κ1) is 15.2. The summed E-state index contributed by atoms with van der Waals surface area (Å²) in [5, 5.41) is 2.90. The van der Waals surface area contributed by atoms with Crippen LogP contribution in [0.3, 0.4) is 0 Å². The first-order chi connectivity index (χ1) is 8.58. The molecule has 18 heavy (non-hydrogen) atoms. The molecule has 0 aliphatic rings. The normalized spacial score (nSPS) is 12.2. The zero-order valence-electron chi connectivity index (χ0n) is 11.3. The van der Waals surface area contributed by atoms with Crippen LogP contribution in [0.4, 0.5) is 5.82 Å². The molecule has 0 radical (unpaired) electrons. The largest absolute Gasteiger partial charge is 0.310 e. The fourth-order valence-corrected chi connectivity index (χ4v) is 2.03. The minimum Gasteiger partial charge on any atom is -0.310 e. The molecule has 1 heterocycles. The van der Waals surface area contributed by atoms with E-state index >= 15 is 0 Å². The summed E-state index contributed by atoms with van der Waals surface area (Å²) in [5.41, 5.74) is 0.884. The highest BCUT2D eigenvalue weighted by atomic mass is 79.9. The zero-order chi connectivity index (χ0) is 13.5. The molecule has 0 saturated carbocycles. The van der Waals surface area contributed by atoms with E-state index in [1.54, 1.807) is 0 Å². The lowest BCUT2D eigenvalue weighted by Crippen LogP contribution is -2.23. The van der Waals surface area contributed by atoms with Gasteiger partial charge in [0.1, 0.15) is 5.82 Å². The monoisotopic (exact) mass is 312 g/mol. The summed E-state index contributed by atoms with van der Waals surface area (Å²) in [7, 11) is 0. The van der Waals surface area contributed by atoms with Crippen molar-refractivity contribution in [2.75, 3.05) is 5.32 Å². The predicted octanol–water partition coefficient (Wildman–Crippen LogP) is 4.31. The Bertz CT molecular complexity index is 407. The van der Waals surface area contributed by atoms with Gasteiger partial charge in [0.05, 0.1) is 5.69 Å². The van der Waals surface area contributed by atoms with Crippen molar-refractivity contribution in [3.8, 4) is 0 Å². The predicted molar refractivity (Wildman–Crippen MR) is 78.6 cm³/mol. The number of hydrogen-bond donors (Lipinski definition) is 1. The molecule has 1 amide bonds. The number of pyridine rings is 1. The number of unbranched alkanes of at least 4 members (excludes halogenated alkanes) is 1. The lowest BCUT2D eigenvalue weighted by atomic mass is 9.98. The number of aryl methyl sites for hydroxylation is 1. The summed E-state index contributed by atoms with van der Waals surface area (Å²) >= 11 is 3.40. The molecule has 1 unspecified atom stereocenters. The van der Waals surface area contributed by atoms with Gasteiger partial charge in [0, 0.05) is 10.4 Å². The van der Waals surface area contributed by atoms with Gasteiger partial charge in [0.15, 0.2) is 0 Å². The van der Waals surface area contributed by atoms with Gasteiger partial charge in [-0.05, 0) is 47.8 Å². The maximum Gasteiger partial charge on any atom is 0.228 e. The lowest BCUT2D eigenvalue weighted by Gasteiger charge is -2.14. The topological polar surface area (TPSA) is 42.0 Å². The van der Waals surface area contributed by atoms with Gasteiger partial charge in [-0.15, -0.1) is 0 Å². The number of rotatable bonds is 6. The molecular formula is C14H21BrN2O. The molecule has 100 valence electrons. The van der Waals surface area contributed by atoms with Crippen molar-refractivity contribution < 1.29 is 4.79 Å². The molecule has 1 aromatic heterocycles. The molecule has 0 aliphatic carbocycles. The number of amides is 1. The Hall–Kier alpha value is -0.900. The minimum atomic E-state index is 0.0835. The Morgan fingerprint density at radius 2 is 2.17 bits per heavy atom. The van der Waals surface area contributed by atoms with Crippen LogP contribution in [0.5, 0.6) is 0 Å². The highest BCUT2D eigenvalue weighted by Gasteiger charge is 2.16. The Kier molecular flexibility index (Phi) is 6.33. The molecule has 0 aliphatic heterocycles. The highest BCUT2D eigenvalue weighted by Crippen LogP contribution is 2.18. The number of hydrogen-bond acceptors (Lipinski definition) is 2. The average Bonchev–Trinajstić information content (AvgIpc) is 2.35. The summed E-state index contributed by atoms with van der Waals surface area (Å²) in [4.78, 5) is 16.4. The molecule has 1 aromatic rings. The van der Waals surface area contributed by atoms with Crippen LogP contribution in [0, 0.1) is 12.8 Å². The molecule has 0 fully saturated rings. The van der Waals surface area contributed by atoms with Crippen LogP contribution in [0.15, 0.2) is 16.6 Å².